The van der Waals surface area contributed by atoms with Crippen molar-refractivity contribution >= 4 is 28.5 Å². The summed E-state index contributed by atoms with van der Waals surface area (Å²) in [5.74, 6) is -2.10. The second kappa shape index (κ2) is 5.27. The SMILES string of the molecule is O=C(O)C=CC(=O)Nc1cc2ccc(O)cc2oc1=O. The molecule has 1 aromatic carbocycles. The van der Waals surface area contributed by atoms with Crippen molar-refractivity contribution < 1.29 is 24.2 Å². The number of benzene rings is 1. The van der Waals surface area contributed by atoms with Gasteiger partial charge in [0, 0.05) is 23.6 Å². The van der Waals surface area contributed by atoms with Crippen molar-refractivity contribution in [3.05, 3.63) is 46.8 Å². The van der Waals surface area contributed by atoms with Crippen LogP contribution in [0.15, 0.2) is 45.6 Å². The van der Waals surface area contributed by atoms with E-state index in [0.717, 1.165) is 6.08 Å². The Morgan fingerprint density at radius 1 is 1.20 bits per heavy atom. The maximum atomic E-state index is 11.6. The summed E-state index contributed by atoms with van der Waals surface area (Å²) < 4.78 is 4.93. The number of phenolic OH excluding ortho intramolecular Hbond substituents is 1. The molecule has 20 heavy (non-hydrogen) atoms. The number of phenols is 1. The number of anilines is 1. The van der Waals surface area contributed by atoms with Crippen LogP contribution in [0.3, 0.4) is 0 Å². The molecule has 0 unspecified atom stereocenters. The van der Waals surface area contributed by atoms with Gasteiger partial charge in [-0.25, -0.2) is 9.59 Å². The zero-order chi connectivity index (χ0) is 14.7. The van der Waals surface area contributed by atoms with E-state index in [1.165, 1.54) is 24.3 Å². The van der Waals surface area contributed by atoms with Crippen LogP contribution in [0.4, 0.5) is 5.69 Å². The first-order chi connectivity index (χ1) is 9.45. The van der Waals surface area contributed by atoms with Crippen LogP contribution in [-0.2, 0) is 9.59 Å². The third kappa shape index (κ3) is 3.02. The van der Waals surface area contributed by atoms with Gasteiger partial charge in [-0.1, -0.05) is 0 Å². The van der Waals surface area contributed by atoms with E-state index in [0.29, 0.717) is 11.5 Å². The Morgan fingerprint density at radius 2 is 1.95 bits per heavy atom. The Morgan fingerprint density at radius 3 is 2.65 bits per heavy atom. The van der Waals surface area contributed by atoms with Crippen LogP contribution >= 0.6 is 0 Å². The number of aromatic hydroxyl groups is 1. The van der Waals surface area contributed by atoms with Gasteiger partial charge in [0.1, 0.15) is 17.0 Å². The monoisotopic (exact) mass is 275 g/mol. The quantitative estimate of drug-likeness (QED) is 0.570. The number of carbonyl (C=O) groups is 2. The number of nitrogens with one attached hydrogen (secondary N) is 1. The lowest BCUT2D eigenvalue weighted by atomic mass is 10.2. The van der Waals surface area contributed by atoms with Gasteiger partial charge in [0.05, 0.1) is 0 Å². The molecule has 0 aliphatic heterocycles. The zero-order valence-electron chi connectivity index (χ0n) is 9.99. The summed E-state index contributed by atoms with van der Waals surface area (Å²) in [6.07, 6.45) is 1.43. The Hall–Kier alpha value is -3.09. The number of rotatable bonds is 3. The van der Waals surface area contributed by atoms with Crippen molar-refractivity contribution in [1.29, 1.82) is 0 Å². The van der Waals surface area contributed by atoms with E-state index in [4.69, 9.17) is 9.52 Å². The molecule has 0 bridgehead atoms. The lowest BCUT2D eigenvalue weighted by molar-refractivity contribution is -0.131. The molecule has 0 spiro atoms. The van der Waals surface area contributed by atoms with E-state index < -0.39 is 17.5 Å². The number of aliphatic carboxylic acids is 1. The summed E-state index contributed by atoms with van der Waals surface area (Å²) in [6.45, 7) is 0. The number of hydrogen-bond donors (Lipinski definition) is 3. The van der Waals surface area contributed by atoms with Crippen LogP contribution in [0.2, 0.25) is 0 Å². The van der Waals surface area contributed by atoms with E-state index in [-0.39, 0.29) is 17.0 Å². The normalized spacial score (nSPS) is 10.8. The molecule has 0 aliphatic rings. The molecule has 3 N–H and O–H groups in total. The zero-order valence-corrected chi connectivity index (χ0v) is 9.99. The Balaban J connectivity index is 2.33. The molecule has 1 heterocycles. The molecule has 0 radical (unpaired) electrons. The lowest BCUT2D eigenvalue weighted by Gasteiger charge is -2.02. The predicted octanol–water partition coefficient (Wildman–Crippen LogP) is 1.08. The minimum atomic E-state index is -1.28. The van der Waals surface area contributed by atoms with E-state index in [1.807, 2.05) is 0 Å². The molecule has 102 valence electrons. The van der Waals surface area contributed by atoms with Gasteiger partial charge in [0.2, 0.25) is 5.91 Å². The molecule has 0 saturated heterocycles. The number of carbonyl (C=O) groups excluding carboxylic acids is 1. The summed E-state index contributed by atoms with van der Waals surface area (Å²) in [4.78, 5) is 33.3. The average Bonchev–Trinajstić information content (AvgIpc) is 2.37. The third-order valence-electron chi connectivity index (χ3n) is 2.35. The molecule has 2 rings (SSSR count). The number of carboxylic acids is 1. The highest BCUT2D eigenvalue weighted by molar-refractivity contribution is 6.02. The lowest BCUT2D eigenvalue weighted by Crippen LogP contribution is -2.15. The number of fused-ring (bicyclic) bond motifs is 1. The molecule has 7 heteroatoms. The maximum Gasteiger partial charge on any atom is 0.360 e. The van der Waals surface area contributed by atoms with Crippen LogP contribution in [0.1, 0.15) is 0 Å². The summed E-state index contributed by atoms with van der Waals surface area (Å²) in [5, 5.41) is 20.4. The van der Waals surface area contributed by atoms with Crippen LogP contribution in [0.25, 0.3) is 11.0 Å². The van der Waals surface area contributed by atoms with Gasteiger partial charge >= 0.3 is 11.6 Å². The number of carboxylic acid groups (broad SMARTS) is 1. The molecule has 1 amide bonds. The Bertz CT molecular complexity index is 774. The summed E-state index contributed by atoms with van der Waals surface area (Å²) in [5.41, 5.74) is -0.752. The largest absolute Gasteiger partial charge is 0.508 e. The fourth-order valence-corrected chi connectivity index (χ4v) is 1.51. The average molecular weight is 275 g/mol. The summed E-state index contributed by atoms with van der Waals surface area (Å²) in [6, 6.07) is 5.55. The van der Waals surface area contributed by atoms with Gasteiger partial charge in [-0.05, 0) is 18.2 Å². The molecule has 7 nitrogen and oxygen atoms in total. The number of amides is 1. The molecule has 2 aromatic rings. The summed E-state index contributed by atoms with van der Waals surface area (Å²) in [7, 11) is 0. The van der Waals surface area contributed by atoms with Crippen molar-refractivity contribution in [2.75, 3.05) is 5.32 Å². The van der Waals surface area contributed by atoms with Crippen molar-refractivity contribution in [2.45, 2.75) is 0 Å². The first kappa shape index (κ1) is 13.3. The first-order valence-corrected chi connectivity index (χ1v) is 5.44. The van der Waals surface area contributed by atoms with Gasteiger partial charge in [0.15, 0.2) is 0 Å². The van der Waals surface area contributed by atoms with Crippen molar-refractivity contribution in [2.24, 2.45) is 0 Å². The van der Waals surface area contributed by atoms with Crippen molar-refractivity contribution in [3.63, 3.8) is 0 Å². The van der Waals surface area contributed by atoms with Crippen LogP contribution in [-0.4, -0.2) is 22.1 Å². The minimum Gasteiger partial charge on any atom is -0.508 e. The van der Waals surface area contributed by atoms with E-state index >= 15 is 0 Å². The molecule has 0 saturated carbocycles. The van der Waals surface area contributed by atoms with Crippen LogP contribution in [0, 0.1) is 0 Å². The Kier molecular flexibility index (Phi) is 3.52. The first-order valence-electron chi connectivity index (χ1n) is 5.44. The fourth-order valence-electron chi connectivity index (χ4n) is 1.51. The molecule has 0 atom stereocenters. The third-order valence-corrected chi connectivity index (χ3v) is 2.35. The van der Waals surface area contributed by atoms with E-state index in [2.05, 4.69) is 5.32 Å². The molecular formula is C13H9NO6. The smallest absolute Gasteiger partial charge is 0.360 e. The van der Waals surface area contributed by atoms with E-state index in [1.54, 1.807) is 0 Å². The molecule has 0 fully saturated rings. The van der Waals surface area contributed by atoms with E-state index in [9.17, 15) is 19.5 Å². The van der Waals surface area contributed by atoms with Gasteiger partial charge in [-0.3, -0.25) is 4.79 Å². The van der Waals surface area contributed by atoms with Gasteiger partial charge in [-0.15, -0.1) is 0 Å². The van der Waals surface area contributed by atoms with Crippen LogP contribution in [0.5, 0.6) is 5.75 Å². The summed E-state index contributed by atoms with van der Waals surface area (Å²) >= 11 is 0. The molecule has 1 aromatic heterocycles. The second-order valence-electron chi connectivity index (χ2n) is 3.83. The maximum absolute atomic E-state index is 11.6. The van der Waals surface area contributed by atoms with Crippen molar-refractivity contribution in [1.82, 2.24) is 0 Å². The van der Waals surface area contributed by atoms with Crippen LogP contribution < -0.4 is 10.9 Å². The fraction of sp³-hybridized carbons (Fsp3) is 0. The molecular weight excluding hydrogens is 266 g/mol. The van der Waals surface area contributed by atoms with Gasteiger partial charge < -0.3 is 19.9 Å². The predicted molar refractivity (Wildman–Crippen MR) is 69.6 cm³/mol. The number of hydrogen-bond acceptors (Lipinski definition) is 5. The van der Waals surface area contributed by atoms with Gasteiger partial charge in [0.25, 0.3) is 0 Å². The standard InChI is InChI=1S/C13H9NO6/c15-8-2-1-7-5-9(13(19)20-10(7)6-8)14-11(16)3-4-12(17)18/h1-6,15H,(H,14,16)(H,17,18). The van der Waals surface area contributed by atoms with Crippen molar-refractivity contribution in [3.8, 4) is 5.75 Å². The highest BCUT2D eigenvalue weighted by Gasteiger charge is 2.08. The minimum absolute atomic E-state index is 0.0539. The second-order valence-corrected chi connectivity index (χ2v) is 3.83. The Labute approximate surface area is 111 Å². The molecule has 0 aliphatic carbocycles. The highest BCUT2D eigenvalue weighted by Crippen LogP contribution is 2.20. The topological polar surface area (TPSA) is 117 Å². The highest BCUT2D eigenvalue weighted by atomic mass is 16.4. The van der Waals surface area contributed by atoms with Gasteiger partial charge in [-0.2, -0.15) is 0 Å².